The highest BCUT2D eigenvalue weighted by atomic mass is 19.1. The number of carbonyl (C=O) groups excluding carboxylic acids is 1. The molecule has 140 valence electrons. The molecule has 1 aromatic heterocycles. The number of amides is 1. The molecule has 0 spiro atoms. The van der Waals surface area contributed by atoms with E-state index in [0.29, 0.717) is 18.7 Å². The summed E-state index contributed by atoms with van der Waals surface area (Å²) in [7, 11) is 1.88. The summed E-state index contributed by atoms with van der Waals surface area (Å²) in [5.74, 6) is 0.341. The Hall–Kier alpha value is -2.95. The summed E-state index contributed by atoms with van der Waals surface area (Å²) in [5.41, 5.74) is 3.22. The summed E-state index contributed by atoms with van der Waals surface area (Å²) in [6.45, 7) is 2.12. The summed E-state index contributed by atoms with van der Waals surface area (Å²) in [5, 5.41) is 3.04. The summed E-state index contributed by atoms with van der Waals surface area (Å²) in [4.78, 5) is 16.9. The van der Waals surface area contributed by atoms with Crippen LogP contribution < -0.4 is 5.32 Å². The normalized spacial score (nSPS) is 12.0. The molecule has 4 nitrogen and oxygen atoms in total. The van der Waals surface area contributed by atoms with Crippen molar-refractivity contribution in [1.82, 2.24) is 14.9 Å². The molecule has 0 saturated carbocycles. The lowest BCUT2D eigenvalue weighted by Crippen LogP contribution is -2.31. The molecule has 3 rings (SSSR count). The molecule has 0 fully saturated rings. The second-order valence-electron chi connectivity index (χ2n) is 6.62. The van der Waals surface area contributed by atoms with E-state index < -0.39 is 6.04 Å². The maximum absolute atomic E-state index is 13.3. The molecule has 1 N–H and O–H groups in total. The van der Waals surface area contributed by atoms with Crippen LogP contribution in [0.15, 0.2) is 60.9 Å². The number of aryl methyl sites for hydroxylation is 3. The quantitative estimate of drug-likeness (QED) is 0.689. The van der Waals surface area contributed by atoms with Crippen LogP contribution in [-0.4, -0.2) is 15.5 Å². The van der Waals surface area contributed by atoms with E-state index in [9.17, 15) is 9.18 Å². The van der Waals surface area contributed by atoms with Gasteiger partial charge >= 0.3 is 0 Å². The van der Waals surface area contributed by atoms with Crippen molar-refractivity contribution in [3.05, 3.63) is 89.3 Å². The van der Waals surface area contributed by atoms with Gasteiger partial charge in [-0.2, -0.15) is 0 Å². The Kier molecular flexibility index (Phi) is 6.01. The predicted octanol–water partition coefficient (Wildman–Crippen LogP) is 3.96. The smallest absolute Gasteiger partial charge is 0.221 e. The van der Waals surface area contributed by atoms with Crippen LogP contribution in [0.3, 0.4) is 0 Å². The van der Waals surface area contributed by atoms with Crippen molar-refractivity contribution in [2.45, 2.75) is 32.2 Å². The van der Waals surface area contributed by atoms with Gasteiger partial charge in [-0.15, -0.1) is 0 Å². The van der Waals surface area contributed by atoms with Gasteiger partial charge in [0, 0.05) is 25.9 Å². The van der Waals surface area contributed by atoms with Crippen molar-refractivity contribution in [1.29, 1.82) is 0 Å². The first-order valence-electron chi connectivity index (χ1n) is 9.16. The highest BCUT2D eigenvalue weighted by Crippen LogP contribution is 2.21. The van der Waals surface area contributed by atoms with E-state index in [1.165, 1.54) is 17.7 Å². The number of halogens is 1. The first-order valence-corrected chi connectivity index (χ1v) is 9.16. The van der Waals surface area contributed by atoms with E-state index in [0.717, 1.165) is 17.5 Å². The SMILES string of the molecule is CCc1ccc(CCC(=O)N[C@@H](c2ccc(F)cc2)c2nccn2C)cc1. The zero-order valence-corrected chi connectivity index (χ0v) is 15.7. The molecule has 0 aliphatic carbocycles. The van der Waals surface area contributed by atoms with E-state index in [2.05, 4.69) is 41.5 Å². The Morgan fingerprint density at radius 1 is 1.11 bits per heavy atom. The minimum absolute atomic E-state index is 0.0631. The fourth-order valence-electron chi connectivity index (χ4n) is 3.04. The molecule has 5 heteroatoms. The number of imidazole rings is 1. The molecule has 0 aliphatic rings. The molecular formula is C22H24FN3O. The first kappa shape index (κ1) is 18.8. The first-order chi connectivity index (χ1) is 13.1. The standard InChI is InChI=1S/C22H24FN3O/c1-3-16-4-6-17(7-5-16)8-13-20(27)25-21(22-24-14-15-26(22)2)18-9-11-19(23)12-10-18/h4-7,9-12,14-15,21H,3,8,13H2,1-2H3,(H,25,27)/t21-/m0/s1. The Labute approximate surface area is 159 Å². The van der Waals surface area contributed by atoms with Gasteiger partial charge in [0.2, 0.25) is 5.91 Å². The molecule has 1 amide bonds. The van der Waals surface area contributed by atoms with Crippen LogP contribution in [0.25, 0.3) is 0 Å². The molecule has 2 aromatic carbocycles. The van der Waals surface area contributed by atoms with Crippen LogP contribution in [0.2, 0.25) is 0 Å². The largest absolute Gasteiger partial charge is 0.342 e. The lowest BCUT2D eigenvalue weighted by Gasteiger charge is -2.19. The van der Waals surface area contributed by atoms with Gasteiger partial charge in [-0.1, -0.05) is 43.3 Å². The number of rotatable bonds is 7. The third-order valence-corrected chi connectivity index (χ3v) is 4.70. The van der Waals surface area contributed by atoms with Crippen LogP contribution >= 0.6 is 0 Å². The van der Waals surface area contributed by atoms with E-state index in [1.54, 1.807) is 18.3 Å². The third-order valence-electron chi connectivity index (χ3n) is 4.70. The second kappa shape index (κ2) is 8.62. The summed E-state index contributed by atoms with van der Waals surface area (Å²) < 4.78 is 15.1. The number of carbonyl (C=O) groups is 1. The van der Waals surface area contributed by atoms with Gasteiger partial charge in [0.25, 0.3) is 0 Å². The predicted molar refractivity (Wildman–Crippen MR) is 104 cm³/mol. The lowest BCUT2D eigenvalue weighted by molar-refractivity contribution is -0.121. The van der Waals surface area contributed by atoms with Gasteiger partial charge < -0.3 is 9.88 Å². The topological polar surface area (TPSA) is 46.9 Å². The number of aromatic nitrogens is 2. The van der Waals surface area contributed by atoms with Crippen LogP contribution in [0.4, 0.5) is 4.39 Å². The fourth-order valence-corrected chi connectivity index (χ4v) is 3.04. The highest BCUT2D eigenvalue weighted by molar-refractivity contribution is 5.77. The van der Waals surface area contributed by atoms with Crippen LogP contribution in [0.1, 0.15) is 41.9 Å². The van der Waals surface area contributed by atoms with Crippen LogP contribution in [-0.2, 0) is 24.7 Å². The molecule has 1 heterocycles. The zero-order valence-electron chi connectivity index (χ0n) is 15.7. The maximum Gasteiger partial charge on any atom is 0.221 e. The minimum Gasteiger partial charge on any atom is -0.342 e. The van der Waals surface area contributed by atoms with Crippen molar-refractivity contribution in [3.63, 3.8) is 0 Å². The molecule has 0 unspecified atom stereocenters. The average molecular weight is 365 g/mol. The van der Waals surface area contributed by atoms with Gasteiger partial charge in [-0.25, -0.2) is 9.37 Å². The molecule has 27 heavy (non-hydrogen) atoms. The summed E-state index contributed by atoms with van der Waals surface area (Å²) in [6.07, 6.45) is 5.57. The zero-order chi connectivity index (χ0) is 19.2. The van der Waals surface area contributed by atoms with Gasteiger partial charge in [0.15, 0.2) is 0 Å². The second-order valence-corrected chi connectivity index (χ2v) is 6.62. The van der Waals surface area contributed by atoms with Crippen LogP contribution in [0, 0.1) is 5.82 Å². The van der Waals surface area contributed by atoms with Crippen molar-refractivity contribution in [3.8, 4) is 0 Å². The van der Waals surface area contributed by atoms with Crippen molar-refractivity contribution < 1.29 is 9.18 Å². The van der Waals surface area contributed by atoms with Gasteiger partial charge in [0.05, 0.1) is 0 Å². The fraction of sp³-hybridized carbons (Fsp3) is 0.273. The maximum atomic E-state index is 13.3. The number of nitrogens with zero attached hydrogens (tertiary/aromatic N) is 2. The lowest BCUT2D eigenvalue weighted by atomic mass is 10.0. The van der Waals surface area contributed by atoms with E-state index in [1.807, 2.05) is 17.8 Å². The van der Waals surface area contributed by atoms with Crippen molar-refractivity contribution in [2.75, 3.05) is 0 Å². The van der Waals surface area contributed by atoms with Crippen molar-refractivity contribution in [2.24, 2.45) is 7.05 Å². The third kappa shape index (κ3) is 4.82. The Morgan fingerprint density at radius 3 is 2.37 bits per heavy atom. The number of benzene rings is 2. The molecule has 3 aromatic rings. The molecular weight excluding hydrogens is 341 g/mol. The minimum atomic E-state index is -0.416. The molecule has 0 saturated heterocycles. The van der Waals surface area contributed by atoms with Gasteiger partial charge in [-0.3, -0.25) is 4.79 Å². The monoisotopic (exact) mass is 365 g/mol. The van der Waals surface area contributed by atoms with Gasteiger partial charge in [-0.05, 0) is 41.7 Å². The van der Waals surface area contributed by atoms with E-state index >= 15 is 0 Å². The molecule has 1 atom stereocenters. The van der Waals surface area contributed by atoms with E-state index in [4.69, 9.17) is 0 Å². The Balaban J connectivity index is 1.70. The van der Waals surface area contributed by atoms with Crippen molar-refractivity contribution >= 4 is 5.91 Å². The molecule has 0 aliphatic heterocycles. The number of hydrogen-bond donors (Lipinski definition) is 1. The highest BCUT2D eigenvalue weighted by Gasteiger charge is 2.20. The average Bonchev–Trinajstić information content (AvgIpc) is 3.11. The summed E-state index contributed by atoms with van der Waals surface area (Å²) >= 11 is 0. The number of hydrogen-bond acceptors (Lipinski definition) is 2. The Bertz CT molecular complexity index is 885. The molecule has 0 radical (unpaired) electrons. The number of nitrogens with one attached hydrogen (secondary N) is 1. The molecule has 0 bridgehead atoms. The van der Waals surface area contributed by atoms with E-state index in [-0.39, 0.29) is 11.7 Å². The summed E-state index contributed by atoms with van der Waals surface area (Å²) in [6, 6.07) is 14.1. The van der Waals surface area contributed by atoms with Gasteiger partial charge in [0.1, 0.15) is 17.7 Å². The van der Waals surface area contributed by atoms with Crippen LogP contribution in [0.5, 0.6) is 0 Å². The Morgan fingerprint density at radius 2 is 1.78 bits per heavy atom.